The van der Waals surface area contributed by atoms with Crippen molar-refractivity contribution >= 4 is 11.5 Å². The lowest BCUT2D eigenvalue weighted by atomic mass is 9.66. The maximum Gasteiger partial charge on any atom is 0.222 e. The van der Waals surface area contributed by atoms with Crippen LogP contribution in [-0.4, -0.2) is 17.9 Å². The topological polar surface area (TPSA) is 33.5 Å². The Morgan fingerprint density at radius 1 is 1.44 bits per heavy atom. The Morgan fingerprint density at radius 3 is 3.22 bits per heavy atom. The molecule has 94 valence electrons. The van der Waals surface area contributed by atoms with Gasteiger partial charge < -0.3 is 9.32 Å². The summed E-state index contributed by atoms with van der Waals surface area (Å²) in [6.45, 7) is 0. The molecule has 4 rings (SSSR count). The molecule has 0 radical (unpaired) electrons. The smallest absolute Gasteiger partial charge is 0.222 e. The highest BCUT2D eigenvalue weighted by atomic mass is 16.3. The van der Waals surface area contributed by atoms with Crippen LogP contribution in [0, 0.1) is 5.41 Å². The molecule has 0 bridgehead atoms. The Balaban J connectivity index is 1.95. The van der Waals surface area contributed by atoms with Crippen LogP contribution in [0.1, 0.15) is 49.5 Å². The molecule has 1 spiro atoms. The number of rotatable bonds is 0. The van der Waals surface area contributed by atoms with Crippen molar-refractivity contribution in [3.05, 3.63) is 29.7 Å². The van der Waals surface area contributed by atoms with E-state index in [4.69, 9.17) is 4.42 Å². The molecule has 0 N–H and O–H groups in total. The number of hydrogen-bond donors (Lipinski definition) is 0. The number of likely N-dealkylation sites (tertiary alicyclic amines) is 1. The van der Waals surface area contributed by atoms with E-state index in [2.05, 4.69) is 12.1 Å². The Kier molecular flexibility index (Phi) is 1.90. The summed E-state index contributed by atoms with van der Waals surface area (Å²) in [5, 5.41) is 0. The number of amides is 1. The molecule has 1 aromatic heterocycles. The van der Waals surface area contributed by atoms with Gasteiger partial charge in [0.05, 0.1) is 12.3 Å². The number of carbonyl (C=O) groups excluding carboxylic acids is 1. The van der Waals surface area contributed by atoms with E-state index in [1.165, 1.54) is 24.0 Å². The number of furan rings is 1. The third-order valence-electron chi connectivity index (χ3n) is 5.04. The van der Waals surface area contributed by atoms with E-state index in [1.54, 1.807) is 6.26 Å². The van der Waals surface area contributed by atoms with Gasteiger partial charge in [0.1, 0.15) is 5.76 Å². The van der Waals surface area contributed by atoms with Crippen LogP contribution < -0.4 is 0 Å². The van der Waals surface area contributed by atoms with E-state index in [-0.39, 0.29) is 17.4 Å². The van der Waals surface area contributed by atoms with Crippen LogP contribution >= 0.6 is 0 Å². The second-order valence-electron chi connectivity index (χ2n) is 5.78. The molecule has 18 heavy (non-hydrogen) atoms. The average molecular weight is 243 g/mol. The van der Waals surface area contributed by atoms with Crippen LogP contribution in [0.5, 0.6) is 0 Å². The van der Waals surface area contributed by atoms with Crippen LogP contribution in [0.15, 0.2) is 22.8 Å². The van der Waals surface area contributed by atoms with Crippen LogP contribution in [-0.2, 0) is 4.79 Å². The first-order chi connectivity index (χ1) is 8.74. The fourth-order valence-corrected chi connectivity index (χ4v) is 4.28. The van der Waals surface area contributed by atoms with Crippen LogP contribution in [0.3, 0.4) is 0 Å². The van der Waals surface area contributed by atoms with E-state index >= 15 is 0 Å². The SMILES string of the molecule is CN1C(=O)CC[C@]23CCCC=C2c2occc2[C@H]13. The lowest BCUT2D eigenvalue weighted by Gasteiger charge is -2.46. The van der Waals surface area contributed by atoms with Gasteiger partial charge in [-0.05, 0) is 37.3 Å². The second kappa shape index (κ2) is 3.28. The van der Waals surface area contributed by atoms with E-state index in [9.17, 15) is 4.79 Å². The molecule has 3 nitrogen and oxygen atoms in total. The molecule has 1 fully saturated rings. The highest BCUT2D eigenvalue weighted by Crippen LogP contribution is 2.64. The fourth-order valence-electron chi connectivity index (χ4n) is 4.28. The Labute approximate surface area is 106 Å². The first-order valence-corrected chi connectivity index (χ1v) is 6.78. The standard InChI is InChI=1S/C15H17NO2/c1-16-12(17)5-8-15-7-3-2-4-11(15)13-10(14(15)16)6-9-18-13/h4,6,9,14H,2-3,5,7-8H2,1H3/t14-,15+/m0/s1. The number of allylic oxidation sites excluding steroid dienone is 1. The summed E-state index contributed by atoms with van der Waals surface area (Å²) >= 11 is 0. The molecule has 2 heterocycles. The molecular weight excluding hydrogens is 226 g/mol. The minimum absolute atomic E-state index is 0.149. The third kappa shape index (κ3) is 1.03. The number of hydrogen-bond acceptors (Lipinski definition) is 2. The molecule has 2 aliphatic carbocycles. The molecule has 1 aromatic rings. The predicted molar refractivity (Wildman–Crippen MR) is 67.7 cm³/mol. The molecule has 3 aliphatic rings. The van der Waals surface area contributed by atoms with Gasteiger partial charge >= 0.3 is 0 Å². The van der Waals surface area contributed by atoms with Crippen molar-refractivity contribution in [3.8, 4) is 0 Å². The fraction of sp³-hybridized carbons (Fsp3) is 0.533. The summed E-state index contributed by atoms with van der Waals surface area (Å²) in [5.41, 5.74) is 2.74. The molecular formula is C15H17NO2. The molecule has 3 heteroatoms. The van der Waals surface area contributed by atoms with E-state index in [0.29, 0.717) is 6.42 Å². The van der Waals surface area contributed by atoms with Gasteiger partial charge in [0, 0.05) is 24.4 Å². The van der Waals surface area contributed by atoms with E-state index in [1.807, 2.05) is 11.9 Å². The summed E-state index contributed by atoms with van der Waals surface area (Å²) in [6.07, 6.45) is 9.32. The Bertz CT molecular complexity index is 557. The van der Waals surface area contributed by atoms with Gasteiger partial charge in [0.2, 0.25) is 5.91 Å². The van der Waals surface area contributed by atoms with Gasteiger partial charge in [-0.2, -0.15) is 0 Å². The largest absolute Gasteiger partial charge is 0.464 e. The highest BCUT2D eigenvalue weighted by molar-refractivity contribution is 5.84. The summed E-state index contributed by atoms with van der Waals surface area (Å²) in [5.74, 6) is 1.31. The lowest BCUT2D eigenvalue weighted by molar-refractivity contribution is -0.139. The van der Waals surface area contributed by atoms with Crippen LogP contribution in [0.4, 0.5) is 0 Å². The van der Waals surface area contributed by atoms with Crippen molar-refractivity contribution in [1.29, 1.82) is 0 Å². The van der Waals surface area contributed by atoms with Gasteiger partial charge in [-0.3, -0.25) is 4.79 Å². The molecule has 0 saturated carbocycles. The summed E-state index contributed by atoms with van der Waals surface area (Å²) in [4.78, 5) is 14.0. The molecule has 1 saturated heterocycles. The Morgan fingerprint density at radius 2 is 2.33 bits per heavy atom. The summed E-state index contributed by atoms with van der Waals surface area (Å²) < 4.78 is 5.71. The second-order valence-corrected chi connectivity index (χ2v) is 5.78. The highest BCUT2D eigenvalue weighted by Gasteiger charge is 2.56. The average Bonchev–Trinajstić information content (AvgIpc) is 2.92. The zero-order valence-corrected chi connectivity index (χ0v) is 10.6. The number of fused-ring (bicyclic) bond motifs is 3. The minimum Gasteiger partial charge on any atom is -0.464 e. The van der Waals surface area contributed by atoms with Crippen molar-refractivity contribution < 1.29 is 9.21 Å². The predicted octanol–water partition coefficient (Wildman–Crippen LogP) is 3.14. The summed E-state index contributed by atoms with van der Waals surface area (Å²) in [6, 6.07) is 2.26. The first kappa shape index (κ1) is 10.4. The van der Waals surface area contributed by atoms with Crippen LogP contribution in [0.25, 0.3) is 5.57 Å². The van der Waals surface area contributed by atoms with Crippen molar-refractivity contribution in [2.75, 3.05) is 7.05 Å². The van der Waals surface area contributed by atoms with Crippen LogP contribution in [0.2, 0.25) is 0 Å². The van der Waals surface area contributed by atoms with Crippen molar-refractivity contribution in [3.63, 3.8) is 0 Å². The van der Waals surface area contributed by atoms with Gasteiger partial charge in [-0.25, -0.2) is 0 Å². The normalized spacial score (nSPS) is 33.8. The zero-order chi connectivity index (χ0) is 12.3. The number of nitrogens with zero attached hydrogens (tertiary/aromatic N) is 1. The van der Waals surface area contributed by atoms with Gasteiger partial charge in [-0.15, -0.1) is 0 Å². The third-order valence-corrected chi connectivity index (χ3v) is 5.04. The van der Waals surface area contributed by atoms with Gasteiger partial charge in [0.15, 0.2) is 0 Å². The zero-order valence-electron chi connectivity index (χ0n) is 10.6. The molecule has 1 aliphatic heterocycles. The monoisotopic (exact) mass is 243 g/mol. The first-order valence-electron chi connectivity index (χ1n) is 6.78. The maximum atomic E-state index is 12.0. The number of piperidine rings is 1. The lowest BCUT2D eigenvalue weighted by Crippen LogP contribution is -2.45. The van der Waals surface area contributed by atoms with Crippen molar-refractivity contribution in [2.24, 2.45) is 5.41 Å². The maximum absolute atomic E-state index is 12.0. The van der Waals surface area contributed by atoms with E-state index < -0.39 is 0 Å². The van der Waals surface area contributed by atoms with E-state index in [0.717, 1.165) is 18.6 Å². The molecule has 0 aromatic carbocycles. The van der Waals surface area contributed by atoms with Crippen molar-refractivity contribution in [1.82, 2.24) is 4.90 Å². The van der Waals surface area contributed by atoms with Gasteiger partial charge in [-0.1, -0.05) is 6.08 Å². The summed E-state index contributed by atoms with van der Waals surface area (Å²) in [7, 11) is 1.95. The molecule has 2 atom stereocenters. The molecule has 1 amide bonds. The quantitative estimate of drug-likeness (QED) is 0.701. The van der Waals surface area contributed by atoms with Crippen molar-refractivity contribution in [2.45, 2.75) is 38.1 Å². The van der Waals surface area contributed by atoms with Gasteiger partial charge in [0.25, 0.3) is 0 Å². The number of carbonyl (C=O) groups is 1. The molecule has 0 unspecified atom stereocenters. The Hall–Kier alpha value is -1.51. The minimum atomic E-state index is 0.149.